The molecule has 188 valence electrons. The summed E-state index contributed by atoms with van der Waals surface area (Å²) in [6, 6.07) is 16.4. The molecule has 0 saturated heterocycles. The van der Waals surface area contributed by atoms with Crippen LogP contribution < -0.4 is 0 Å². The van der Waals surface area contributed by atoms with Gasteiger partial charge in [0, 0.05) is 19.3 Å². The summed E-state index contributed by atoms with van der Waals surface area (Å²) in [6.45, 7) is 6.18. The van der Waals surface area contributed by atoms with Gasteiger partial charge in [-0.1, -0.05) is 56.3 Å². The third-order valence-corrected chi connectivity index (χ3v) is 7.99. The Hall–Kier alpha value is -3.56. The van der Waals surface area contributed by atoms with Crippen LogP contribution in [0, 0.1) is 12.8 Å². The van der Waals surface area contributed by atoms with Gasteiger partial charge in [0.15, 0.2) is 0 Å². The normalized spacial score (nSPS) is 12.9. The molecule has 2 heterocycles. The van der Waals surface area contributed by atoms with Gasteiger partial charge in [-0.3, -0.25) is 9.78 Å². The number of imidazole rings is 1. The molecule has 0 radical (unpaired) electrons. The van der Waals surface area contributed by atoms with Gasteiger partial charge < -0.3 is 9.67 Å². The number of carboxylic acids is 1. The third kappa shape index (κ3) is 5.47. The highest BCUT2D eigenvalue weighted by Crippen LogP contribution is 2.26. The van der Waals surface area contributed by atoms with Crippen molar-refractivity contribution in [3.63, 3.8) is 0 Å². The van der Waals surface area contributed by atoms with E-state index in [1.807, 2.05) is 49.6 Å². The van der Waals surface area contributed by atoms with Gasteiger partial charge in [-0.2, -0.15) is 4.31 Å². The van der Waals surface area contributed by atoms with E-state index in [0.29, 0.717) is 6.54 Å². The summed E-state index contributed by atoms with van der Waals surface area (Å²) >= 11 is 0. The lowest BCUT2D eigenvalue weighted by molar-refractivity contribution is -0.142. The number of fused-ring (bicyclic) bond motifs is 1. The minimum absolute atomic E-state index is 0.00499. The number of aromatic nitrogens is 3. The van der Waals surface area contributed by atoms with Crippen LogP contribution in [0.15, 0.2) is 78.0 Å². The van der Waals surface area contributed by atoms with Gasteiger partial charge in [0.1, 0.15) is 17.4 Å². The number of pyridine rings is 1. The Morgan fingerprint density at radius 1 is 1.03 bits per heavy atom. The molecule has 9 heteroatoms. The Bertz CT molecular complexity index is 1450. The average Bonchev–Trinajstić information content (AvgIpc) is 3.16. The number of hydrogen-bond acceptors (Lipinski definition) is 5. The van der Waals surface area contributed by atoms with Crippen molar-refractivity contribution in [3.05, 3.63) is 90.0 Å². The zero-order valence-electron chi connectivity index (χ0n) is 20.6. The number of nitrogens with zero attached hydrogens (tertiary/aromatic N) is 4. The van der Waals surface area contributed by atoms with Crippen LogP contribution in [0.2, 0.25) is 0 Å². The summed E-state index contributed by atoms with van der Waals surface area (Å²) in [5.41, 5.74) is 3.38. The molecule has 4 aromatic rings. The lowest BCUT2D eigenvalue weighted by atomic mass is 10.0. The highest BCUT2D eigenvalue weighted by Gasteiger charge is 2.36. The summed E-state index contributed by atoms with van der Waals surface area (Å²) in [6.07, 6.45) is 3.64. The van der Waals surface area contributed by atoms with Crippen LogP contribution in [-0.2, 0) is 27.9 Å². The van der Waals surface area contributed by atoms with E-state index in [0.717, 1.165) is 32.3 Å². The maximum Gasteiger partial charge on any atom is 0.322 e. The zero-order valence-corrected chi connectivity index (χ0v) is 21.4. The topological polar surface area (TPSA) is 105 Å². The van der Waals surface area contributed by atoms with Crippen molar-refractivity contribution in [3.8, 4) is 0 Å². The van der Waals surface area contributed by atoms with E-state index in [1.165, 1.54) is 0 Å². The van der Waals surface area contributed by atoms with Gasteiger partial charge in [-0.15, -0.1) is 0 Å². The highest BCUT2D eigenvalue weighted by atomic mass is 32.2. The Morgan fingerprint density at radius 2 is 1.72 bits per heavy atom. The number of aryl methyl sites for hydroxylation is 1. The van der Waals surface area contributed by atoms with E-state index in [2.05, 4.69) is 9.97 Å². The van der Waals surface area contributed by atoms with Crippen LogP contribution in [0.3, 0.4) is 0 Å². The van der Waals surface area contributed by atoms with Crippen LogP contribution in [0.1, 0.15) is 37.2 Å². The van der Waals surface area contributed by atoms with Gasteiger partial charge >= 0.3 is 5.97 Å². The van der Waals surface area contributed by atoms with E-state index in [4.69, 9.17) is 0 Å². The maximum atomic E-state index is 13.8. The number of carboxylic acid groups (broad SMARTS) is 1. The second kappa shape index (κ2) is 10.6. The van der Waals surface area contributed by atoms with Gasteiger partial charge in [0.05, 0.1) is 16.6 Å². The fourth-order valence-electron chi connectivity index (χ4n) is 4.30. The van der Waals surface area contributed by atoms with Crippen molar-refractivity contribution >= 4 is 27.0 Å². The van der Waals surface area contributed by atoms with E-state index in [1.54, 1.807) is 48.8 Å². The summed E-state index contributed by atoms with van der Waals surface area (Å²) < 4.78 is 30.7. The van der Waals surface area contributed by atoms with Crippen LogP contribution in [0.4, 0.5) is 0 Å². The molecule has 0 aliphatic heterocycles. The first-order valence-electron chi connectivity index (χ1n) is 11.8. The van der Waals surface area contributed by atoms with Crippen molar-refractivity contribution in [1.82, 2.24) is 18.8 Å². The first kappa shape index (κ1) is 25.5. The molecule has 0 saturated carbocycles. The first-order valence-corrected chi connectivity index (χ1v) is 13.2. The summed E-state index contributed by atoms with van der Waals surface area (Å²) in [5.74, 6) is -0.316. The van der Waals surface area contributed by atoms with Crippen LogP contribution in [0.5, 0.6) is 0 Å². The molecule has 0 aliphatic carbocycles. The van der Waals surface area contributed by atoms with Crippen molar-refractivity contribution in [2.75, 3.05) is 0 Å². The van der Waals surface area contributed by atoms with Crippen molar-refractivity contribution < 1.29 is 18.3 Å². The predicted molar refractivity (Wildman–Crippen MR) is 138 cm³/mol. The molecule has 0 fully saturated rings. The van der Waals surface area contributed by atoms with E-state index in [9.17, 15) is 18.3 Å². The minimum Gasteiger partial charge on any atom is -0.480 e. The average molecular weight is 507 g/mol. The number of carbonyl (C=O) groups is 1. The second-order valence-electron chi connectivity index (χ2n) is 9.27. The minimum atomic E-state index is -4.09. The maximum absolute atomic E-state index is 13.8. The first-order chi connectivity index (χ1) is 17.2. The van der Waals surface area contributed by atoms with Crippen LogP contribution in [0.25, 0.3) is 11.0 Å². The number of aliphatic carboxylic acids is 1. The molecule has 0 bridgehead atoms. The van der Waals surface area contributed by atoms with Gasteiger partial charge in [-0.05, 0) is 48.6 Å². The lowest BCUT2D eigenvalue weighted by Gasteiger charge is -2.29. The van der Waals surface area contributed by atoms with Crippen molar-refractivity contribution in [2.45, 2.75) is 51.2 Å². The smallest absolute Gasteiger partial charge is 0.322 e. The molecular weight excluding hydrogens is 476 g/mol. The summed E-state index contributed by atoms with van der Waals surface area (Å²) in [4.78, 5) is 20.9. The Kier molecular flexibility index (Phi) is 7.51. The molecule has 0 aliphatic rings. The number of rotatable bonds is 10. The monoisotopic (exact) mass is 506 g/mol. The standard InChI is InChI=1S/C27H30N4O4S/c1-19(2)15-26(27(32)33)31(18-21-7-5-4-6-8-21)36(34,35)23-11-9-22(10-12-23)17-30-20(3)29-24-16-28-14-13-25(24)30/h4-14,16,19,26H,15,17-18H2,1-3H3,(H,32,33)/t26-/m0/s1. The van der Waals surface area contributed by atoms with E-state index in [-0.39, 0.29) is 23.8 Å². The van der Waals surface area contributed by atoms with Crippen molar-refractivity contribution in [1.29, 1.82) is 0 Å². The van der Waals surface area contributed by atoms with Crippen LogP contribution >= 0.6 is 0 Å². The molecule has 8 nitrogen and oxygen atoms in total. The lowest BCUT2D eigenvalue weighted by Crippen LogP contribution is -2.45. The number of hydrogen-bond donors (Lipinski definition) is 1. The third-order valence-electron chi connectivity index (χ3n) is 6.12. The summed E-state index contributed by atoms with van der Waals surface area (Å²) in [5, 5.41) is 9.96. The largest absolute Gasteiger partial charge is 0.480 e. The molecule has 0 amide bonds. The van der Waals surface area contributed by atoms with E-state index >= 15 is 0 Å². The van der Waals surface area contributed by atoms with Gasteiger partial charge in [0.2, 0.25) is 10.0 Å². The Morgan fingerprint density at radius 3 is 2.36 bits per heavy atom. The molecule has 1 atom stereocenters. The molecule has 2 aromatic heterocycles. The van der Waals surface area contributed by atoms with Crippen molar-refractivity contribution in [2.24, 2.45) is 5.92 Å². The zero-order chi connectivity index (χ0) is 25.9. The molecule has 1 N–H and O–H groups in total. The molecule has 36 heavy (non-hydrogen) atoms. The van der Waals surface area contributed by atoms with Gasteiger partial charge in [-0.25, -0.2) is 13.4 Å². The Balaban J connectivity index is 1.66. The molecular formula is C27H30N4O4S. The highest BCUT2D eigenvalue weighted by molar-refractivity contribution is 7.89. The molecule has 0 unspecified atom stereocenters. The SMILES string of the molecule is Cc1nc2cnccc2n1Cc1ccc(S(=O)(=O)N(Cc2ccccc2)[C@@H](CC(C)C)C(=O)O)cc1. The number of sulfonamides is 1. The van der Waals surface area contributed by atoms with Crippen LogP contribution in [-0.4, -0.2) is 44.4 Å². The fourth-order valence-corrected chi connectivity index (χ4v) is 5.88. The second-order valence-corrected chi connectivity index (χ2v) is 11.2. The quantitative estimate of drug-likeness (QED) is 0.340. The van der Waals surface area contributed by atoms with Gasteiger partial charge in [0.25, 0.3) is 0 Å². The molecule has 2 aromatic carbocycles. The molecule has 4 rings (SSSR count). The summed E-state index contributed by atoms with van der Waals surface area (Å²) in [7, 11) is -4.09. The molecule has 0 spiro atoms. The fraction of sp³-hybridized carbons (Fsp3) is 0.296. The van der Waals surface area contributed by atoms with E-state index < -0.39 is 22.0 Å². The Labute approximate surface area is 211 Å². The number of benzene rings is 2. The predicted octanol–water partition coefficient (Wildman–Crippen LogP) is 4.48.